The minimum Gasteiger partial charge on any atom is -0.364 e. The second-order valence-electron chi connectivity index (χ2n) is 7.34. The summed E-state index contributed by atoms with van der Waals surface area (Å²) in [5, 5.41) is 4.31. The van der Waals surface area contributed by atoms with Crippen LogP contribution in [0.1, 0.15) is 28.2 Å². The lowest BCUT2D eigenvalue weighted by Crippen LogP contribution is -2.67. The van der Waals surface area contributed by atoms with Gasteiger partial charge in [-0.3, -0.25) is 14.3 Å². The first kappa shape index (κ1) is 17.7. The van der Waals surface area contributed by atoms with Gasteiger partial charge in [-0.25, -0.2) is 0 Å². The number of hydrogen-bond acceptors (Lipinski definition) is 4. The van der Waals surface area contributed by atoms with Crippen molar-refractivity contribution in [2.45, 2.75) is 25.0 Å². The molecule has 0 spiro atoms. The van der Waals surface area contributed by atoms with Crippen LogP contribution in [0.4, 0.5) is 0 Å². The number of ether oxygens (including phenoxy) is 1. The zero-order valence-electron chi connectivity index (χ0n) is 15.9. The molecule has 0 aliphatic carbocycles. The monoisotopic (exact) mass is 368 g/mol. The molecular formula is C20H24N4O3. The van der Waals surface area contributed by atoms with Gasteiger partial charge >= 0.3 is 0 Å². The lowest BCUT2D eigenvalue weighted by Gasteiger charge is -2.54. The Hall–Kier alpha value is -2.67. The third-order valence-electron chi connectivity index (χ3n) is 5.96. The molecule has 0 unspecified atom stereocenters. The molecule has 7 heteroatoms. The van der Waals surface area contributed by atoms with Gasteiger partial charge in [-0.1, -0.05) is 30.3 Å². The van der Waals surface area contributed by atoms with E-state index in [0.717, 1.165) is 11.3 Å². The van der Waals surface area contributed by atoms with Crippen LogP contribution < -0.4 is 0 Å². The number of aryl methyl sites for hydroxylation is 2. The number of carbonyl (C=O) groups is 2. The van der Waals surface area contributed by atoms with E-state index in [-0.39, 0.29) is 24.5 Å². The first-order chi connectivity index (χ1) is 12.9. The molecule has 3 heterocycles. The first-order valence-corrected chi connectivity index (χ1v) is 9.17. The largest absolute Gasteiger partial charge is 0.364 e. The van der Waals surface area contributed by atoms with Crippen LogP contribution in [0.25, 0.3) is 0 Å². The van der Waals surface area contributed by atoms with Crippen LogP contribution >= 0.6 is 0 Å². The number of fused-ring (bicyclic) bond motifs is 1. The first-order valence-electron chi connectivity index (χ1n) is 9.17. The minimum atomic E-state index is -0.548. The van der Waals surface area contributed by atoms with Crippen LogP contribution in [-0.4, -0.2) is 64.2 Å². The van der Waals surface area contributed by atoms with Gasteiger partial charge in [0.05, 0.1) is 5.54 Å². The molecule has 2 atom stereocenters. The number of rotatable bonds is 2. The molecule has 1 aromatic heterocycles. The number of piperidine rings is 1. The Bertz CT molecular complexity index is 859. The average Bonchev–Trinajstić information content (AvgIpc) is 3.03. The SMILES string of the molecule is Cc1cc(C(=O)N2CC[C@]3(c4ccccc4)[C@@H](C2)OCC(=O)N3C)nn1C. The third kappa shape index (κ3) is 2.73. The number of aromatic nitrogens is 2. The van der Waals surface area contributed by atoms with Crippen molar-refractivity contribution in [3.63, 3.8) is 0 Å². The summed E-state index contributed by atoms with van der Waals surface area (Å²) < 4.78 is 7.66. The highest BCUT2D eigenvalue weighted by molar-refractivity contribution is 5.92. The third-order valence-corrected chi connectivity index (χ3v) is 5.96. The minimum absolute atomic E-state index is 0.0322. The Balaban J connectivity index is 1.65. The molecule has 2 aliphatic rings. The summed E-state index contributed by atoms with van der Waals surface area (Å²) in [5.74, 6) is -0.126. The Morgan fingerprint density at radius 1 is 1.26 bits per heavy atom. The van der Waals surface area contributed by atoms with E-state index < -0.39 is 5.54 Å². The number of likely N-dealkylation sites (N-methyl/N-ethyl adjacent to an activating group) is 1. The van der Waals surface area contributed by atoms with Gasteiger partial charge in [-0.2, -0.15) is 5.10 Å². The second kappa shape index (κ2) is 6.49. The molecule has 2 fully saturated rings. The second-order valence-corrected chi connectivity index (χ2v) is 7.34. The van der Waals surface area contributed by atoms with Crippen molar-refractivity contribution in [3.8, 4) is 0 Å². The molecule has 0 radical (unpaired) electrons. The van der Waals surface area contributed by atoms with Crippen molar-refractivity contribution in [2.75, 3.05) is 26.7 Å². The Labute approximate surface area is 158 Å². The fourth-order valence-corrected chi connectivity index (χ4v) is 4.24. The van der Waals surface area contributed by atoms with Crippen molar-refractivity contribution in [1.29, 1.82) is 0 Å². The number of carbonyl (C=O) groups excluding carboxylic acids is 2. The number of morpholine rings is 1. The number of nitrogens with zero attached hydrogens (tertiary/aromatic N) is 4. The molecule has 27 heavy (non-hydrogen) atoms. The Morgan fingerprint density at radius 2 is 2.00 bits per heavy atom. The maximum atomic E-state index is 12.9. The fourth-order valence-electron chi connectivity index (χ4n) is 4.24. The van der Waals surface area contributed by atoms with Gasteiger partial charge in [-0.15, -0.1) is 0 Å². The van der Waals surface area contributed by atoms with Crippen LogP contribution in [0.15, 0.2) is 36.4 Å². The molecule has 7 nitrogen and oxygen atoms in total. The zero-order valence-corrected chi connectivity index (χ0v) is 15.9. The van der Waals surface area contributed by atoms with Gasteiger partial charge in [-0.05, 0) is 25.0 Å². The van der Waals surface area contributed by atoms with Crippen molar-refractivity contribution in [2.24, 2.45) is 7.05 Å². The molecule has 142 valence electrons. The van der Waals surface area contributed by atoms with E-state index in [1.807, 2.05) is 56.3 Å². The normalized spacial score (nSPS) is 25.4. The summed E-state index contributed by atoms with van der Waals surface area (Å²) in [4.78, 5) is 29.0. The van der Waals surface area contributed by atoms with E-state index in [0.29, 0.717) is 25.2 Å². The predicted octanol–water partition coefficient (Wildman–Crippen LogP) is 1.33. The highest BCUT2D eigenvalue weighted by atomic mass is 16.5. The summed E-state index contributed by atoms with van der Waals surface area (Å²) in [5.41, 5.74) is 1.88. The van der Waals surface area contributed by atoms with Gasteiger partial charge in [0.15, 0.2) is 5.69 Å². The van der Waals surface area contributed by atoms with E-state index in [4.69, 9.17) is 4.74 Å². The van der Waals surface area contributed by atoms with Gasteiger partial charge in [0.1, 0.15) is 12.7 Å². The van der Waals surface area contributed by atoms with Crippen LogP contribution in [0.5, 0.6) is 0 Å². The molecule has 2 saturated heterocycles. The predicted molar refractivity (Wildman–Crippen MR) is 99.1 cm³/mol. The topological polar surface area (TPSA) is 67.7 Å². The number of hydrogen-bond donors (Lipinski definition) is 0. The summed E-state index contributed by atoms with van der Waals surface area (Å²) >= 11 is 0. The van der Waals surface area contributed by atoms with Gasteiger partial charge in [0.25, 0.3) is 5.91 Å². The number of benzene rings is 1. The van der Waals surface area contributed by atoms with E-state index in [1.54, 1.807) is 15.6 Å². The lowest BCUT2D eigenvalue weighted by atomic mass is 9.76. The number of likely N-dealkylation sites (tertiary alicyclic amines) is 1. The van der Waals surface area contributed by atoms with E-state index >= 15 is 0 Å². The van der Waals surface area contributed by atoms with Crippen LogP contribution in [0.2, 0.25) is 0 Å². The maximum absolute atomic E-state index is 12.9. The van der Waals surface area contributed by atoms with Gasteiger partial charge in [0.2, 0.25) is 5.91 Å². The fraction of sp³-hybridized carbons (Fsp3) is 0.450. The standard InChI is InChI=1S/C20H24N4O3/c1-14-11-16(21-23(14)3)19(26)24-10-9-20(15-7-5-4-6-8-15)17(12-24)27-13-18(25)22(20)2/h4-8,11,17H,9-10,12-13H2,1-3H3/t17-,20+/m1/s1. The molecule has 4 rings (SSSR count). The van der Waals surface area contributed by atoms with Gasteiger partial charge < -0.3 is 14.5 Å². The van der Waals surface area contributed by atoms with E-state index in [1.165, 1.54) is 0 Å². The van der Waals surface area contributed by atoms with E-state index in [2.05, 4.69) is 5.10 Å². The molecule has 1 aromatic carbocycles. The molecule has 0 bridgehead atoms. The highest BCUT2D eigenvalue weighted by Gasteiger charge is 2.53. The molecule has 0 N–H and O–H groups in total. The average molecular weight is 368 g/mol. The highest BCUT2D eigenvalue weighted by Crippen LogP contribution is 2.42. The smallest absolute Gasteiger partial charge is 0.274 e. The molecule has 2 aromatic rings. The van der Waals surface area contributed by atoms with Crippen molar-refractivity contribution in [3.05, 3.63) is 53.3 Å². The van der Waals surface area contributed by atoms with Gasteiger partial charge in [0, 0.05) is 32.9 Å². The summed E-state index contributed by atoms with van der Waals surface area (Å²) in [6.45, 7) is 2.94. The zero-order chi connectivity index (χ0) is 19.2. The van der Waals surface area contributed by atoms with Crippen LogP contribution in [0.3, 0.4) is 0 Å². The van der Waals surface area contributed by atoms with Crippen molar-refractivity contribution >= 4 is 11.8 Å². The van der Waals surface area contributed by atoms with Crippen molar-refractivity contribution < 1.29 is 14.3 Å². The quantitative estimate of drug-likeness (QED) is 0.802. The molecule has 0 saturated carbocycles. The Morgan fingerprint density at radius 3 is 2.67 bits per heavy atom. The molecule has 2 amide bonds. The van der Waals surface area contributed by atoms with E-state index in [9.17, 15) is 9.59 Å². The molecular weight excluding hydrogens is 344 g/mol. The lowest BCUT2D eigenvalue weighted by molar-refractivity contribution is -0.180. The van der Waals surface area contributed by atoms with Crippen molar-refractivity contribution in [1.82, 2.24) is 19.6 Å². The number of amides is 2. The Kier molecular flexibility index (Phi) is 4.26. The molecule has 2 aliphatic heterocycles. The van der Waals surface area contributed by atoms with Crippen LogP contribution in [-0.2, 0) is 22.1 Å². The maximum Gasteiger partial charge on any atom is 0.274 e. The summed E-state index contributed by atoms with van der Waals surface area (Å²) in [7, 11) is 3.66. The van der Waals surface area contributed by atoms with Crippen LogP contribution in [0, 0.1) is 6.92 Å². The summed E-state index contributed by atoms with van der Waals surface area (Å²) in [6.07, 6.45) is 0.353. The summed E-state index contributed by atoms with van der Waals surface area (Å²) in [6, 6.07) is 11.8.